The predicted octanol–water partition coefficient (Wildman–Crippen LogP) is 2.40. The normalized spacial score (nSPS) is 16.9. The number of nitrogens with zero attached hydrogens (tertiary/aromatic N) is 2. The predicted molar refractivity (Wildman–Crippen MR) is 88.8 cm³/mol. The fourth-order valence-corrected chi connectivity index (χ4v) is 5.21. The van der Waals surface area contributed by atoms with Crippen LogP contribution in [0, 0.1) is 6.92 Å². The topological polar surface area (TPSA) is 62.3 Å². The highest BCUT2D eigenvalue weighted by Gasteiger charge is 2.25. The smallest absolute Gasteiger partial charge is 0.250 e. The lowest BCUT2D eigenvalue weighted by Crippen LogP contribution is -2.44. The minimum absolute atomic E-state index is 0.00707. The maximum absolute atomic E-state index is 12.3. The van der Waals surface area contributed by atoms with Gasteiger partial charge in [-0.05, 0) is 44.0 Å². The van der Waals surface area contributed by atoms with Crippen LogP contribution in [0.5, 0.6) is 0 Å². The van der Waals surface area contributed by atoms with E-state index in [0.717, 1.165) is 36.6 Å². The Balaban J connectivity index is 1.60. The van der Waals surface area contributed by atoms with Gasteiger partial charge in [0.2, 0.25) is 10.0 Å². The minimum atomic E-state index is -3.39. The summed E-state index contributed by atoms with van der Waals surface area (Å²) in [6, 6.07) is 9.35. The van der Waals surface area contributed by atoms with Gasteiger partial charge in [-0.3, -0.25) is 0 Å². The molecule has 1 aliphatic rings. The van der Waals surface area contributed by atoms with Crippen LogP contribution in [-0.4, -0.2) is 32.5 Å². The third-order valence-corrected chi connectivity index (χ3v) is 6.78. The SMILES string of the molecule is Cc1ccc(S(=O)(=O)NC2CCN(c3ccccn3)CC2)s1. The lowest BCUT2D eigenvalue weighted by Gasteiger charge is -2.32. The van der Waals surface area contributed by atoms with Crippen molar-refractivity contribution in [3.8, 4) is 0 Å². The van der Waals surface area contributed by atoms with E-state index in [9.17, 15) is 8.42 Å². The molecule has 3 rings (SSSR count). The molecule has 5 nitrogen and oxygen atoms in total. The van der Waals surface area contributed by atoms with Gasteiger partial charge in [0.15, 0.2) is 0 Å². The molecule has 0 atom stereocenters. The van der Waals surface area contributed by atoms with Crippen molar-refractivity contribution in [3.63, 3.8) is 0 Å². The van der Waals surface area contributed by atoms with Gasteiger partial charge in [-0.25, -0.2) is 18.1 Å². The number of pyridine rings is 1. The van der Waals surface area contributed by atoms with Crippen LogP contribution in [0.15, 0.2) is 40.7 Å². The Hall–Kier alpha value is -1.44. The molecule has 0 amide bonds. The second-order valence-corrected chi connectivity index (χ2v) is 8.66. The van der Waals surface area contributed by atoms with Crippen LogP contribution in [0.2, 0.25) is 0 Å². The molecule has 1 N–H and O–H groups in total. The third-order valence-electron chi connectivity index (χ3n) is 3.77. The van der Waals surface area contributed by atoms with Crippen LogP contribution in [0.1, 0.15) is 17.7 Å². The monoisotopic (exact) mass is 337 g/mol. The number of piperidine rings is 1. The van der Waals surface area contributed by atoms with E-state index in [1.54, 1.807) is 12.3 Å². The number of hydrogen-bond donors (Lipinski definition) is 1. The molecule has 1 aliphatic heterocycles. The first-order chi connectivity index (χ1) is 10.5. The molecule has 2 aromatic rings. The van der Waals surface area contributed by atoms with Gasteiger partial charge in [0.1, 0.15) is 10.0 Å². The van der Waals surface area contributed by atoms with Crippen molar-refractivity contribution in [3.05, 3.63) is 41.4 Å². The van der Waals surface area contributed by atoms with Crippen molar-refractivity contribution >= 4 is 27.2 Å². The van der Waals surface area contributed by atoms with Gasteiger partial charge in [0, 0.05) is 30.2 Å². The van der Waals surface area contributed by atoms with Crippen LogP contribution >= 0.6 is 11.3 Å². The van der Waals surface area contributed by atoms with Gasteiger partial charge in [-0.15, -0.1) is 11.3 Å². The molecule has 0 unspecified atom stereocenters. The molecule has 1 fully saturated rings. The highest BCUT2D eigenvalue weighted by Crippen LogP contribution is 2.23. The van der Waals surface area contributed by atoms with Gasteiger partial charge in [0.05, 0.1) is 0 Å². The highest BCUT2D eigenvalue weighted by atomic mass is 32.2. The van der Waals surface area contributed by atoms with Gasteiger partial charge in [-0.1, -0.05) is 6.07 Å². The van der Waals surface area contributed by atoms with E-state index in [4.69, 9.17) is 0 Å². The zero-order valence-electron chi connectivity index (χ0n) is 12.4. The number of aromatic nitrogens is 1. The first kappa shape index (κ1) is 15.5. The molecular weight excluding hydrogens is 318 g/mol. The molecular formula is C15H19N3O2S2. The number of rotatable bonds is 4. The van der Waals surface area contributed by atoms with E-state index in [1.807, 2.05) is 31.2 Å². The summed E-state index contributed by atoms with van der Waals surface area (Å²) < 4.78 is 27.9. The van der Waals surface area contributed by atoms with E-state index in [2.05, 4.69) is 14.6 Å². The molecule has 0 saturated carbocycles. The summed E-state index contributed by atoms with van der Waals surface area (Å²) in [6.45, 7) is 3.54. The van der Waals surface area contributed by atoms with Crippen molar-refractivity contribution < 1.29 is 8.42 Å². The second-order valence-electron chi connectivity index (χ2n) is 5.44. The number of nitrogens with one attached hydrogen (secondary N) is 1. The average molecular weight is 337 g/mol. The van der Waals surface area contributed by atoms with Gasteiger partial charge in [-0.2, -0.15) is 0 Å². The van der Waals surface area contributed by atoms with Crippen LogP contribution < -0.4 is 9.62 Å². The summed E-state index contributed by atoms with van der Waals surface area (Å²) in [5, 5.41) is 0. The summed E-state index contributed by atoms with van der Waals surface area (Å²) in [5.41, 5.74) is 0. The standard InChI is InChI=1S/C15H19N3O2S2/c1-12-5-6-15(21-12)22(19,20)17-13-7-10-18(11-8-13)14-4-2-3-9-16-14/h2-6,9,13,17H,7-8,10-11H2,1H3. The zero-order chi connectivity index (χ0) is 15.6. The lowest BCUT2D eigenvalue weighted by molar-refractivity contribution is 0.459. The number of aryl methyl sites for hydroxylation is 1. The summed E-state index contributed by atoms with van der Waals surface area (Å²) in [5.74, 6) is 0.956. The van der Waals surface area contributed by atoms with Crippen molar-refractivity contribution in [2.45, 2.75) is 30.0 Å². The number of hydrogen-bond acceptors (Lipinski definition) is 5. The quantitative estimate of drug-likeness (QED) is 0.930. The molecule has 0 radical (unpaired) electrons. The van der Waals surface area contributed by atoms with Crippen molar-refractivity contribution in [2.24, 2.45) is 0 Å². The van der Waals surface area contributed by atoms with E-state index in [-0.39, 0.29) is 6.04 Å². The highest BCUT2D eigenvalue weighted by molar-refractivity contribution is 7.91. The number of thiophene rings is 1. The maximum Gasteiger partial charge on any atom is 0.250 e. The van der Waals surface area contributed by atoms with Gasteiger partial charge < -0.3 is 4.90 Å². The van der Waals surface area contributed by atoms with Crippen molar-refractivity contribution in [1.82, 2.24) is 9.71 Å². The van der Waals surface area contributed by atoms with Crippen LogP contribution in [0.25, 0.3) is 0 Å². The van der Waals surface area contributed by atoms with Crippen LogP contribution in [0.3, 0.4) is 0 Å². The molecule has 0 aromatic carbocycles. The Kier molecular flexibility index (Phi) is 4.46. The summed E-state index contributed by atoms with van der Waals surface area (Å²) in [6.07, 6.45) is 3.36. The molecule has 2 aromatic heterocycles. The fourth-order valence-electron chi connectivity index (χ4n) is 2.60. The molecule has 118 valence electrons. The molecule has 0 spiro atoms. The van der Waals surface area contributed by atoms with Crippen LogP contribution in [0.4, 0.5) is 5.82 Å². The Morgan fingerprint density at radius 2 is 2.00 bits per heavy atom. The Labute approximate surface area is 135 Å². The summed E-state index contributed by atoms with van der Waals surface area (Å²) in [4.78, 5) is 7.54. The van der Waals surface area contributed by atoms with E-state index in [1.165, 1.54) is 11.3 Å². The van der Waals surface area contributed by atoms with Crippen LogP contribution in [-0.2, 0) is 10.0 Å². The lowest BCUT2D eigenvalue weighted by atomic mass is 10.1. The van der Waals surface area contributed by atoms with Gasteiger partial charge >= 0.3 is 0 Å². The fraction of sp³-hybridized carbons (Fsp3) is 0.400. The third kappa shape index (κ3) is 3.48. The van der Waals surface area contributed by atoms with E-state index < -0.39 is 10.0 Å². The Morgan fingerprint density at radius 1 is 1.23 bits per heavy atom. The molecule has 7 heteroatoms. The van der Waals surface area contributed by atoms with E-state index >= 15 is 0 Å². The Morgan fingerprint density at radius 3 is 2.59 bits per heavy atom. The first-order valence-electron chi connectivity index (χ1n) is 7.29. The molecule has 3 heterocycles. The van der Waals surface area contributed by atoms with Crippen molar-refractivity contribution in [2.75, 3.05) is 18.0 Å². The summed E-state index contributed by atoms with van der Waals surface area (Å²) in [7, 11) is -3.39. The first-order valence-corrected chi connectivity index (χ1v) is 9.59. The Bertz CT molecular complexity index is 720. The maximum atomic E-state index is 12.3. The van der Waals surface area contributed by atoms with E-state index in [0.29, 0.717) is 4.21 Å². The van der Waals surface area contributed by atoms with Gasteiger partial charge in [0.25, 0.3) is 0 Å². The largest absolute Gasteiger partial charge is 0.357 e. The molecule has 1 saturated heterocycles. The van der Waals surface area contributed by atoms with Crippen molar-refractivity contribution in [1.29, 1.82) is 0 Å². The molecule has 0 aliphatic carbocycles. The molecule has 22 heavy (non-hydrogen) atoms. The molecule has 0 bridgehead atoms. The summed E-state index contributed by atoms with van der Waals surface area (Å²) >= 11 is 1.31. The zero-order valence-corrected chi connectivity index (χ0v) is 14.0. The number of sulfonamides is 1. The second kappa shape index (κ2) is 6.36. The average Bonchev–Trinajstić information content (AvgIpc) is 2.96. The minimum Gasteiger partial charge on any atom is -0.357 e. The number of anilines is 1.